The van der Waals surface area contributed by atoms with E-state index in [-0.39, 0.29) is 17.4 Å². The number of ether oxygens (including phenoxy) is 1. The van der Waals surface area contributed by atoms with E-state index in [0.29, 0.717) is 23.3 Å². The van der Waals surface area contributed by atoms with Crippen molar-refractivity contribution in [3.8, 4) is 0 Å². The quantitative estimate of drug-likeness (QED) is 0.615. The molecule has 4 N–H and O–H groups in total. The highest BCUT2D eigenvalue weighted by Gasteiger charge is 2.17. The normalized spacial score (nSPS) is 14.3. The number of rotatable bonds is 4. The van der Waals surface area contributed by atoms with Crippen LogP contribution in [0.3, 0.4) is 0 Å². The Balaban J connectivity index is 0.000000290. The number of hydrogen-bond acceptors (Lipinski definition) is 6. The number of carbonyl (C=O) groups excluding carboxylic acids is 1. The second-order valence-electron chi connectivity index (χ2n) is 7.38. The zero-order valence-corrected chi connectivity index (χ0v) is 16.9. The number of aromatic amines is 1. The van der Waals surface area contributed by atoms with Gasteiger partial charge in [-0.3, -0.25) is 9.89 Å². The van der Waals surface area contributed by atoms with Gasteiger partial charge in [-0.1, -0.05) is 51.2 Å². The van der Waals surface area contributed by atoms with Crippen molar-refractivity contribution in [1.82, 2.24) is 20.2 Å². The lowest BCUT2D eigenvalue weighted by atomic mass is 9.91. The molecule has 1 amide bonds. The first kappa shape index (κ1) is 20.7. The van der Waals surface area contributed by atoms with Crippen LogP contribution in [0.5, 0.6) is 0 Å². The predicted octanol–water partition coefficient (Wildman–Crippen LogP) is 3.92. The van der Waals surface area contributed by atoms with Crippen LogP contribution in [0, 0.1) is 5.92 Å². The summed E-state index contributed by atoms with van der Waals surface area (Å²) in [5.74, 6) is 0.886. The van der Waals surface area contributed by atoms with Gasteiger partial charge in [0.05, 0.1) is 12.0 Å². The van der Waals surface area contributed by atoms with Gasteiger partial charge in [0, 0.05) is 12.8 Å². The number of methoxy groups -OCH3 is 1. The summed E-state index contributed by atoms with van der Waals surface area (Å²) in [7, 11) is 1.63. The van der Waals surface area contributed by atoms with E-state index in [1.807, 2.05) is 12.1 Å². The third-order valence-electron chi connectivity index (χ3n) is 5.02. The number of aromatic nitrogens is 4. The summed E-state index contributed by atoms with van der Waals surface area (Å²) in [6.07, 6.45) is 8.74. The molecule has 1 aliphatic rings. The van der Waals surface area contributed by atoms with Gasteiger partial charge < -0.3 is 15.8 Å². The first-order valence-electron chi connectivity index (χ1n) is 9.92. The first-order valence-corrected chi connectivity index (χ1v) is 9.92. The smallest absolute Gasteiger partial charge is 0.274 e. The summed E-state index contributed by atoms with van der Waals surface area (Å²) in [4.78, 5) is 20.2. The Hall–Kier alpha value is -3.00. The summed E-state index contributed by atoms with van der Waals surface area (Å²) >= 11 is 0. The Kier molecular flexibility index (Phi) is 7.13. The number of hydrogen-bond donors (Lipinski definition) is 3. The second-order valence-corrected chi connectivity index (χ2v) is 7.38. The molecule has 1 aromatic carbocycles. The molecule has 3 aromatic rings. The predicted molar refractivity (Wildman–Crippen MR) is 113 cm³/mol. The number of amides is 1. The van der Waals surface area contributed by atoms with Gasteiger partial charge in [0.2, 0.25) is 0 Å². The van der Waals surface area contributed by atoms with E-state index in [1.54, 1.807) is 19.2 Å². The minimum atomic E-state index is -0.358. The fraction of sp³-hybridized carbons (Fsp3) is 0.429. The molecule has 0 unspecified atom stereocenters. The molecule has 0 saturated heterocycles. The molecule has 1 saturated carbocycles. The third-order valence-corrected chi connectivity index (χ3v) is 5.02. The molecule has 8 heteroatoms. The zero-order chi connectivity index (χ0) is 20.6. The van der Waals surface area contributed by atoms with Crippen molar-refractivity contribution >= 4 is 28.4 Å². The first-order chi connectivity index (χ1) is 14.1. The van der Waals surface area contributed by atoms with Gasteiger partial charge in [-0.25, -0.2) is 9.97 Å². The maximum absolute atomic E-state index is 12.3. The number of nitrogen functional groups attached to an aromatic ring is 1. The number of H-pyrrole nitrogens is 1. The lowest BCUT2D eigenvalue weighted by Gasteiger charge is -2.15. The summed E-state index contributed by atoms with van der Waals surface area (Å²) in [5, 5.41) is 9.77. The summed E-state index contributed by atoms with van der Waals surface area (Å²) in [6.45, 7) is 2.88. The number of carbonyl (C=O) groups is 1. The molecule has 29 heavy (non-hydrogen) atoms. The van der Waals surface area contributed by atoms with E-state index in [2.05, 4.69) is 32.4 Å². The Bertz CT molecular complexity index is 932. The van der Waals surface area contributed by atoms with E-state index < -0.39 is 0 Å². The molecule has 2 heterocycles. The molecule has 0 atom stereocenters. The van der Waals surface area contributed by atoms with Crippen molar-refractivity contribution in [2.75, 3.05) is 18.2 Å². The van der Waals surface area contributed by atoms with E-state index in [9.17, 15) is 4.79 Å². The molecule has 0 radical (unpaired) electrons. The van der Waals surface area contributed by atoms with Gasteiger partial charge in [0.15, 0.2) is 5.65 Å². The van der Waals surface area contributed by atoms with Gasteiger partial charge in [-0.2, -0.15) is 5.10 Å². The van der Waals surface area contributed by atoms with Crippen LogP contribution in [0.1, 0.15) is 55.1 Å². The van der Waals surface area contributed by atoms with Crippen molar-refractivity contribution < 1.29 is 9.53 Å². The summed E-state index contributed by atoms with van der Waals surface area (Å²) < 4.78 is 5.04. The van der Waals surface area contributed by atoms with Gasteiger partial charge in [0.1, 0.15) is 17.8 Å². The van der Waals surface area contributed by atoms with Crippen LogP contribution in [-0.2, 0) is 11.3 Å². The largest absolute Gasteiger partial charge is 0.383 e. The molecule has 8 nitrogen and oxygen atoms in total. The van der Waals surface area contributed by atoms with Crippen LogP contribution < -0.4 is 11.1 Å². The maximum atomic E-state index is 12.3. The Morgan fingerprint density at radius 1 is 1.21 bits per heavy atom. The molecule has 154 valence electrons. The van der Waals surface area contributed by atoms with Crippen molar-refractivity contribution in [1.29, 1.82) is 0 Å². The summed E-state index contributed by atoms with van der Waals surface area (Å²) in [6, 6.07) is 7.35. The van der Waals surface area contributed by atoms with Crippen LogP contribution >= 0.6 is 0 Å². The Morgan fingerprint density at radius 2 is 1.93 bits per heavy atom. The topological polar surface area (TPSA) is 119 Å². The lowest BCUT2D eigenvalue weighted by Crippen LogP contribution is -2.13. The summed E-state index contributed by atoms with van der Waals surface area (Å²) in [5.41, 5.74) is 8.04. The monoisotopic (exact) mass is 396 g/mol. The second kappa shape index (κ2) is 9.97. The highest BCUT2D eigenvalue weighted by atomic mass is 16.5. The molecule has 0 aliphatic heterocycles. The molecular weight excluding hydrogens is 368 g/mol. The number of nitrogens with one attached hydrogen (secondary N) is 2. The highest BCUT2D eigenvalue weighted by Crippen LogP contribution is 2.22. The van der Waals surface area contributed by atoms with E-state index in [1.165, 1.54) is 38.4 Å². The molecule has 1 aliphatic carbocycles. The number of nitrogens with two attached hydrogens (primary N) is 1. The van der Waals surface area contributed by atoms with Crippen LogP contribution in [0.2, 0.25) is 0 Å². The lowest BCUT2D eigenvalue weighted by molar-refractivity contribution is 0.102. The van der Waals surface area contributed by atoms with Crippen molar-refractivity contribution in [2.45, 2.75) is 45.6 Å². The fourth-order valence-electron chi connectivity index (χ4n) is 3.39. The van der Waals surface area contributed by atoms with Crippen LogP contribution in [-0.4, -0.2) is 33.2 Å². The number of benzene rings is 1. The molecular formula is C21H28N6O2. The van der Waals surface area contributed by atoms with E-state index >= 15 is 0 Å². The minimum absolute atomic E-state index is 0.208. The Labute approximate surface area is 170 Å². The van der Waals surface area contributed by atoms with Gasteiger partial charge >= 0.3 is 0 Å². The number of fused-ring (bicyclic) bond motifs is 1. The molecule has 2 aromatic heterocycles. The molecule has 0 spiro atoms. The van der Waals surface area contributed by atoms with Crippen LogP contribution in [0.4, 0.5) is 11.5 Å². The average Bonchev–Trinajstić information content (AvgIpc) is 3.17. The molecule has 0 bridgehead atoms. The van der Waals surface area contributed by atoms with Crippen molar-refractivity contribution in [3.63, 3.8) is 0 Å². The van der Waals surface area contributed by atoms with Gasteiger partial charge in [-0.15, -0.1) is 0 Å². The van der Waals surface area contributed by atoms with Crippen molar-refractivity contribution in [2.24, 2.45) is 5.92 Å². The standard InChI is InChI=1S/C14H14N6O2.C7H14/c1-22-6-8-2-4-9(5-3-8)18-14(21)11-10-12(15)16-7-17-13(10)20-19-11;1-7-5-3-2-4-6-7/h2-5,7H,6H2,1H3,(H,18,21)(H3,15,16,17,19,20);7H,2-6H2,1H3. The zero-order valence-electron chi connectivity index (χ0n) is 16.9. The van der Waals surface area contributed by atoms with Crippen LogP contribution in [0.15, 0.2) is 30.6 Å². The van der Waals surface area contributed by atoms with Crippen molar-refractivity contribution in [3.05, 3.63) is 41.9 Å². The minimum Gasteiger partial charge on any atom is -0.383 e. The van der Waals surface area contributed by atoms with E-state index in [4.69, 9.17) is 10.5 Å². The third kappa shape index (κ3) is 5.51. The van der Waals surface area contributed by atoms with Crippen LogP contribution in [0.25, 0.3) is 11.0 Å². The van der Waals surface area contributed by atoms with Gasteiger partial charge in [-0.05, 0) is 23.6 Å². The van der Waals surface area contributed by atoms with Gasteiger partial charge in [0.25, 0.3) is 5.91 Å². The average molecular weight is 396 g/mol. The Morgan fingerprint density at radius 3 is 2.55 bits per heavy atom. The molecule has 1 fully saturated rings. The number of anilines is 2. The number of nitrogens with zero attached hydrogens (tertiary/aromatic N) is 3. The SMILES string of the molecule is CC1CCCCC1.COCc1ccc(NC(=O)c2[nH]nc3ncnc(N)c23)cc1. The molecule has 4 rings (SSSR count). The fourth-order valence-corrected chi connectivity index (χ4v) is 3.39. The maximum Gasteiger partial charge on any atom is 0.274 e. The highest BCUT2D eigenvalue weighted by molar-refractivity contribution is 6.12. The van der Waals surface area contributed by atoms with E-state index in [0.717, 1.165) is 11.5 Å².